The number of allylic oxidation sites excluding steroid dienone is 2. The lowest BCUT2D eigenvalue weighted by molar-refractivity contribution is 0.139. The summed E-state index contributed by atoms with van der Waals surface area (Å²) in [6.07, 6.45) is 19.4. The molecule has 178 valence electrons. The van der Waals surface area contributed by atoms with E-state index >= 15 is 0 Å². The lowest BCUT2D eigenvalue weighted by Gasteiger charge is -2.30. The molecular formula is C28H49NO2. The number of aliphatic hydroxyl groups excluding tert-OH is 2. The fourth-order valence-electron chi connectivity index (χ4n) is 6.65. The molecule has 0 unspecified atom stereocenters. The molecule has 0 radical (unpaired) electrons. The lowest BCUT2D eigenvalue weighted by atomic mass is 9.88. The van der Waals surface area contributed by atoms with Crippen molar-refractivity contribution in [3.05, 3.63) is 23.8 Å². The molecule has 0 amide bonds. The maximum atomic E-state index is 10.6. The number of aliphatic hydroxyl groups is 2. The summed E-state index contributed by atoms with van der Waals surface area (Å²) < 4.78 is 0. The summed E-state index contributed by atoms with van der Waals surface area (Å²) in [4.78, 5) is 2.60. The zero-order valence-corrected chi connectivity index (χ0v) is 20.7. The van der Waals surface area contributed by atoms with Gasteiger partial charge in [0.05, 0.1) is 12.2 Å². The Balaban J connectivity index is 1.38. The smallest absolute Gasteiger partial charge is 0.0723 e. The van der Waals surface area contributed by atoms with E-state index in [0.29, 0.717) is 29.8 Å². The Morgan fingerprint density at radius 2 is 1.77 bits per heavy atom. The topological polar surface area (TPSA) is 43.7 Å². The Morgan fingerprint density at radius 1 is 1.06 bits per heavy atom. The van der Waals surface area contributed by atoms with E-state index in [-0.39, 0.29) is 18.1 Å². The van der Waals surface area contributed by atoms with Gasteiger partial charge >= 0.3 is 0 Å². The van der Waals surface area contributed by atoms with Gasteiger partial charge in [-0.05, 0) is 90.5 Å². The molecule has 0 heterocycles. The Labute approximate surface area is 192 Å². The van der Waals surface area contributed by atoms with Crippen molar-refractivity contribution < 1.29 is 10.2 Å². The predicted molar refractivity (Wildman–Crippen MR) is 131 cm³/mol. The van der Waals surface area contributed by atoms with Crippen molar-refractivity contribution in [2.45, 2.75) is 123 Å². The van der Waals surface area contributed by atoms with E-state index in [2.05, 4.69) is 44.7 Å². The van der Waals surface area contributed by atoms with Gasteiger partial charge in [0.1, 0.15) is 0 Å². The zero-order chi connectivity index (χ0) is 22.4. The van der Waals surface area contributed by atoms with Crippen LogP contribution in [0.25, 0.3) is 0 Å². The van der Waals surface area contributed by atoms with Crippen LogP contribution in [0.5, 0.6) is 0 Å². The zero-order valence-electron chi connectivity index (χ0n) is 20.7. The molecule has 0 aliphatic heterocycles. The summed E-state index contributed by atoms with van der Waals surface area (Å²) >= 11 is 0. The second kappa shape index (κ2) is 12.0. The third-order valence-corrected chi connectivity index (χ3v) is 8.30. The van der Waals surface area contributed by atoms with Gasteiger partial charge in [-0.2, -0.15) is 0 Å². The highest BCUT2D eigenvalue weighted by molar-refractivity contribution is 5.21. The quantitative estimate of drug-likeness (QED) is 0.289. The van der Waals surface area contributed by atoms with Gasteiger partial charge in [-0.3, -0.25) is 4.90 Å². The molecule has 0 bridgehead atoms. The van der Waals surface area contributed by atoms with Crippen molar-refractivity contribution in [3.63, 3.8) is 0 Å². The van der Waals surface area contributed by atoms with Gasteiger partial charge in [-0.1, -0.05) is 55.9 Å². The van der Waals surface area contributed by atoms with E-state index in [0.717, 1.165) is 19.3 Å². The van der Waals surface area contributed by atoms with Crippen LogP contribution in [-0.2, 0) is 0 Å². The van der Waals surface area contributed by atoms with Crippen molar-refractivity contribution in [2.75, 3.05) is 6.54 Å². The summed E-state index contributed by atoms with van der Waals surface area (Å²) in [5.41, 5.74) is 1.62. The van der Waals surface area contributed by atoms with E-state index < -0.39 is 0 Å². The van der Waals surface area contributed by atoms with Gasteiger partial charge in [0.15, 0.2) is 0 Å². The standard InChI is InChI=1S/C28H49NO2/c1-20(2)29(21(3)4)15-9-5-6-12-23-16-24-19-28(31)26(27(24)18-23)14-13-25(30)17-22-10-7-8-11-22/h13-14,16,20-22,24-28,30-31H,5-12,15,17-19H2,1-4H3/t24-,25+,26+,27-,28+/m0/s1. The molecule has 0 aromatic carbocycles. The minimum Gasteiger partial charge on any atom is -0.392 e. The normalized spacial score (nSPS) is 30.3. The van der Waals surface area contributed by atoms with E-state index in [4.69, 9.17) is 0 Å². The van der Waals surface area contributed by atoms with Crippen LogP contribution in [0.3, 0.4) is 0 Å². The number of unbranched alkanes of at least 4 members (excludes halogenated alkanes) is 2. The molecule has 0 spiro atoms. The number of hydrogen-bond donors (Lipinski definition) is 2. The molecule has 2 saturated carbocycles. The first-order valence-electron chi connectivity index (χ1n) is 13.3. The highest BCUT2D eigenvalue weighted by atomic mass is 16.3. The van der Waals surface area contributed by atoms with Crippen LogP contribution >= 0.6 is 0 Å². The molecule has 0 aromatic rings. The lowest BCUT2D eigenvalue weighted by Crippen LogP contribution is -2.37. The Bertz CT molecular complexity index is 582. The second-order valence-corrected chi connectivity index (χ2v) is 11.3. The van der Waals surface area contributed by atoms with Gasteiger partial charge in [-0.15, -0.1) is 0 Å². The molecule has 3 rings (SSSR count). The third-order valence-electron chi connectivity index (χ3n) is 8.30. The summed E-state index contributed by atoms with van der Waals surface area (Å²) in [6, 6.07) is 1.26. The van der Waals surface area contributed by atoms with Crippen LogP contribution in [0.2, 0.25) is 0 Å². The van der Waals surface area contributed by atoms with Crippen LogP contribution in [-0.4, -0.2) is 45.9 Å². The first-order valence-corrected chi connectivity index (χ1v) is 13.3. The maximum absolute atomic E-state index is 10.6. The molecule has 2 fully saturated rings. The van der Waals surface area contributed by atoms with Gasteiger partial charge in [-0.25, -0.2) is 0 Å². The Morgan fingerprint density at radius 3 is 2.45 bits per heavy atom. The van der Waals surface area contributed by atoms with Gasteiger partial charge in [0.25, 0.3) is 0 Å². The molecule has 3 aliphatic rings. The highest BCUT2D eigenvalue weighted by Gasteiger charge is 2.43. The van der Waals surface area contributed by atoms with Crippen molar-refractivity contribution in [1.82, 2.24) is 4.90 Å². The monoisotopic (exact) mass is 431 g/mol. The molecule has 3 heteroatoms. The molecule has 5 atom stereocenters. The molecular weight excluding hydrogens is 382 g/mol. The number of fused-ring (bicyclic) bond motifs is 1. The van der Waals surface area contributed by atoms with Crippen molar-refractivity contribution in [2.24, 2.45) is 23.7 Å². The van der Waals surface area contributed by atoms with Crippen molar-refractivity contribution >= 4 is 0 Å². The minimum atomic E-state index is -0.334. The first kappa shape index (κ1) is 25.0. The third kappa shape index (κ3) is 7.17. The minimum absolute atomic E-state index is 0.225. The average Bonchev–Trinajstić information content (AvgIpc) is 3.39. The number of hydrogen-bond acceptors (Lipinski definition) is 3. The Hall–Kier alpha value is -0.640. The van der Waals surface area contributed by atoms with Gasteiger partial charge < -0.3 is 10.2 Å². The largest absolute Gasteiger partial charge is 0.392 e. The fourth-order valence-corrected chi connectivity index (χ4v) is 6.65. The maximum Gasteiger partial charge on any atom is 0.0723 e. The van der Waals surface area contributed by atoms with Crippen LogP contribution < -0.4 is 0 Å². The first-order chi connectivity index (χ1) is 14.8. The van der Waals surface area contributed by atoms with Crippen LogP contribution in [0.15, 0.2) is 23.8 Å². The molecule has 2 N–H and O–H groups in total. The molecule has 31 heavy (non-hydrogen) atoms. The Kier molecular flexibility index (Phi) is 9.67. The highest BCUT2D eigenvalue weighted by Crippen LogP contribution is 2.48. The molecule has 3 nitrogen and oxygen atoms in total. The fraction of sp³-hybridized carbons (Fsp3) is 0.857. The summed E-state index contributed by atoms with van der Waals surface area (Å²) in [5, 5.41) is 21.0. The van der Waals surface area contributed by atoms with Crippen LogP contribution in [0.4, 0.5) is 0 Å². The van der Waals surface area contributed by atoms with Crippen LogP contribution in [0, 0.1) is 23.7 Å². The van der Waals surface area contributed by atoms with Gasteiger partial charge in [0.2, 0.25) is 0 Å². The molecule has 0 aromatic heterocycles. The van der Waals surface area contributed by atoms with Crippen LogP contribution in [0.1, 0.15) is 98.3 Å². The molecule has 0 saturated heterocycles. The molecule has 3 aliphatic carbocycles. The van der Waals surface area contributed by atoms with Crippen molar-refractivity contribution in [3.8, 4) is 0 Å². The summed E-state index contributed by atoms with van der Waals surface area (Å²) in [5.74, 6) is 2.03. The summed E-state index contributed by atoms with van der Waals surface area (Å²) in [6.45, 7) is 10.4. The van der Waals surface area contributed by atoms with E-state index in [9.17, 15) is 10.2 Å². The van der Waals surface area contributed by atoms with Crippen molar-refractivity contribution in [1.29, 1.82) is 0 Å². The van der Waals surface area contributed by atoms with Gasteiger partial charge in [0, 0.05) is 18.0 Å². The predicted octanol–water partition coefficient (Wildman–Crippen LogP) is 6.11. The average molecular weight is 432 g/mol. The number of rotatable bonds is 12. The van der Waals surface area contributed by atoms with E-state index in [1.54, 1.807) is 5.57 Å². The number of nitrogens with zero attached hydrogens (tertiary/aromatic N) is 1. The van der Waals surface area contributed by atoms with E-state index in [1.807, 2.05) is 6.08 Å². The van der Waals surface area contributed by atoms with E-state index in [1.165, 1.54) is 57.9 Å². The second-order valence-electron chi connectivity index (χ2n) is 11.3. The SMILES string of the molecule is CC(C)N(CCCCCC1=C[C@H]2C[C@@H](O)[C@H](C=C[C@@H](O)CC3CCCC3)[C@H]2C1)C(C)C. The summed E-state index contributed by atoms with van der Waals surface area (Å²) in [7, 11) is 0.